The van der Waals surface area contributed by atoms with E-state index in [1.54, 1.807) is 17.2 Å². The molecule has 0 bridgehead atoms. The fourth-order valence-corrected chi connectivity index (χ4v) is 5.00. The minimum absolute atomic E-state index is 0.148. The number of ether oxygens (including phenoxy) is 1. The summed E-state index contributed by atoms with van der Waals surface area (Å²) >= 11 is 7.45. The Morgan fingerprint density at radius 2 is 1.83 bits per heavy atom. The van der Waals surface area contributed by atoms with Crippen molar-refractivity contribution in [2.45, 2.75) is 25.7 Å². The molecule has 2 heterocycles. The number of aromatic nitrogens is 1. The van der Waals surface area contributed by atoms with Crippen LogP contribution in [-0.4, -0.2) is 47.6 Å². The molecule has 0 atom stereocenters. The number of imide groups is 1. The van der Waals surface area contributed by atoms with Crippen LogP contribution >= 0.6 is 22.9 Å². The molecule has 35 heavy (non-hydrogen) atoms. The van der Waals surface area contributed by atoms with E-state index in [1.165, 1.54) is 11.3 Å². The van der Waals surface area contributed by atoms with Crippen molar-refractivity contribution < 1.29 is 19.1 Å². The van der Waals surface area contributed by atoms with Gasteiger partial charge in [-0.2, -0.15) is 0 Å². The molecule has 4 rings (SSSR count). The summed E-state index contributed by atoms with van der Waals surface area (Å²) in [5.41, 5.74) is 2.89. The molecule has 1 aliphatic heterocycles. The molecule has 1 aromatic heterocycles. The lowest BCUT2D eigenvalue weighted by Crippen LogP contribution is -2.46. The van der Waals surface area contributed by atoms with Crippen molar-refractivity contribution in [3.8, 4) is 11.1 Å². The number of likely N-dealkylation sites (tertiary alicyclic amines) is 1. The second kappa shape index (κ2) is 11.3. The lowest BCUT2D eigenvalue weighted by molar-refractivity contribution is 0.102. The van der Waals surface area contributed by atoms with Crippen LogP contribution in [0.4, 0.5) is 15.3 Å². The fourth-order valence-electron chi connectivity index (χ4n) is 3.90. The summed E-state index contributed by atoms with van der Waals surface area (Å²) in [5, 5.41) is 8.47. The summed E-state index contributed by atoms with van der Waals surface area (Å²) in [6, 6.07) is 14.6. The average molecular weight is 513 g/mol. The second-order valence-electron chi connectivity index (χ2n) is 7.99. The number of thiazole rings is 1. The maximum atomic E-state index is 13.0. The smallest absolute Gasteiger partial charge is 0.415 e. The largest absolute Gasteiger partial charge is 0.450 e. The molecular formula is C25H25ClN4O4S. The number of halogens is 1. The van der Waals surface area contributed by atoms with Gasteiger partial charge in [-0.25, -0.2) is 19.9 Å². The fraction of sp³-hybridized carbons (Fsp3) is 0.280. The Labute approximate surface area is 212 Å². The van der Waals surface area contributed by atoms with Crippen molar-refractivity contribution in [2.24, 2.45) is 0 Å². The summed E-state index contributed by atoms with van der Waals surface area (Å²) < 4.78 is 4.75. The number of hydrogen-bond acceptors (Lipinski definition) is 6. The molecule has 0 spiro atoms. The number of para-hydroxylation sites is 1. The lowest BCUT2D eigenvalue weighted by atomic mass is 9.98. The Bertz CT molecular complexity index is 1210. The van der Waals surface area contributed by atoms with Crippen LogP contribution in [0.2, 0.25) is 5.02 Å². The third-order valence-electron chi connectivity index (χ3n) is 5.70. The van der Waals surface area contributed by atoms with E-state index in [-0.39, 0.29) is 18.4 Å². The highest BCUT2D eigenvalue weighted by Gasteiger charge is 2.27. The first-order valence-corrected chi connectivity index (χ1v) is 12.5. The van der Waals surface area contributed by atoms with Gasteiger partial charge in [-0.1, -0.05) is 41.9 Å². The van der Waals surface area contributed by atoms with Gasteiger partial charge in [-0.3, -0.25) is 4.79 Å². The molecule has 0 radical (unpaired) electrons. The number of nitrogens with one attached hydrogen (secondary N) is 2. The third-order valence-corrected chi connectivity index (χ3v) is 6.96. The molecule has 2 aromatic carbocycles. The molecule has 3 aromatic rings. The van der Waals surface area contributed by atoms with E-state index in [0.717, 1.165) is 16.1 Å². The molecule has 2 N–H and O–H groups in total. The van der Waals surface area contributed by atoms with E-state index in [4.69, 9.17) is 16.3 Å². The van der Waals surface area contributed by atoms with E-state index in [9.17, 15) is 14.4 Å². The van der Waals surface area contributed by atoms with Crippen molar-refractivity contribution >= 4 is 46.7 Å². The quantitative estimate of drug-likeness (QED) is 0.452. The van der Waals surface area contributed by atoms with Gasteiger partial charge in [-0.15, -0.1) is 11.3 Å². The predicted molar refractivity (Wildman–Crippen MR) is 136 cm³/mol. The van der Waals surface area contributed by atoms with Gasteiger partial charge in [0, 0.05) is 40.7 Å². The first kappa shape index (κ1) is 24.7. The number of alkyl carbamates (subject to hydrolysis) is 1. The average Bonchev–Trinajstić information content (AvgIpc) is 3.36. The summed E-state index contributed by atoms with van der Waals surface area (Å²) in [6.07, 6.45) is 0.655. The summed E-state index contributed by atoms with van der Waals surface area (Å²) in [7, 11) is 0. The predicted octanol–water partition coefficient (Wildman–Crippen LogP) is 5.76. The van der Waals surface area contributed by atoms with E-state index < -0.39 is 12.1 Å². The second-order valence-corrected chi connectivity index (χ2v) is 9.32. The van der Waals surface area contributed by atoms with Crippen molar-refractivity contribution in [3.63, 3.8) is 0 Å². The molecule has 8 nitrogen and oxygen atoms in total. The number of hydrogen-bond donors (Lipinski definition) is 2. The maximum Gasteiger partial charge on any atom is 0.415 e. The third kappa shape index (κ3) is 6.17. The van der Waals surface area contributed by atoms with Crippen molar-refractivity contribution in [2.75, 3.05) is 25.0 Å². The molecule has 0 aliphatic carbocycles. The molecule has 1 aliphatic rings. The Morgan fingerprint density at radius 1 is 1.11 bits per heavy atom. The number of rotatable bonds is 5. The van der Waals surface area contributed by atoms with E-state index in [0.29, 0.717) is 42.3 Å². The van der Waals surface area contributed by atoms with Gasteiger partial charge >= 0.3 is 12.1 Å². The number of amides is 4. The minimum Gasteiger partial charge on any atom is -0.450 e. The molecule has 182 valence electrons. The van der Waals surface area contributed by atoms with Crippen LogP contribution in [0.1, 0.15) is 41.2 Å². The number of anilines is 1. The van der Waals surface area contributed by atoms with Gasteiger partial charge < -0.3 is 15.0 Å². The summed E-state index contributed by atoms with van der Waals surface area (Å²) in [6.45, 7) is 2.86. The van der Waals surface area contributed by atoms with E-state index >= 15 is 0 Å². The Balaban J connectivity index is 1.37. The molecule has 10 heteroatoms. The van der Waals surface area contributed by atoms with Crippen LogP contribution in [0.5, 0.6) is 0 Å². The van der Waals surface area contributed by atoms with Crippen molar-refractivity contribution in [3.05, 3.63) is 69.6 Å². The topological polar surface area (TPSA) is 101 Å². The number of nitrogens with zero attached hydrogens (tertiary/aromatic N) is 2. The molecule has 0 saturated carbocycles. The SMILES string of the molecule is CCOC(=O)NC(=O)N1CCC(c2nc(C(=O)Nc3ccccc3-c3ccc(Cl)cc3)cs2)CC1. The maximum absolute atomic E-state index is 13.0. The zero-order valence-corrected chi connectivity index (χ0v) is 20.7. The molecule has 4 amide bonds. The zero-order chi connectivity index (χ0) is 24.8. The van der Waals surface area contributed by atoms with Crippen LogP contribution in [0.25, 0.3) is 11.1 Å². The Hall–Kier alpha value is -3.43. The zero-order valence-electron chi connectivity index (χ0n) is 19.1. The highest BCUT2D eigenvalue weighted by Crippen LogP contribution is 2.32. The number of benzene rings is 2. The minimum atomic E-state index is -0.743. The number of urea groups is 1. The Morgan fingerprint density at radius 3 is 2.54 bits per heavy atom. The van der Waals surface area contributed by atoms with Gasteiger partial charge in [0.05, 0.1) is 11.6 Å². The van der Waals surface area contributed by atoms with Gasteiger partial charge in [0.25, 0.3) is 5.91 Å². The number of carbonyl (C=O) groups excluding carboxylic acids is 3. The van der Waals surface area contributed by atoms with Crippen LogP contribution < -0.4 is 10.6 Å². The Kier molecular flexibility index (Phi) is 7.99. The van der Waals surface area contributed by atoms with Crippen molar-refractivity contribution in [1.82, 2.24) is 15.2 Å². The van der Waals surface area contributed by atoms with Gasteiger partial charge in [0.1, 0.15) is 5.69 Å². The van der Waals surface area contributed by atoms with Crippen molar-refractivity contribution in [1.29, 1.82) is 0 Å². The van der Waals surface area contributed by atoms with Crippen LogP contribution in [0.15, 0.2) is 53.9 Å². The van der Waals surface area contributed by atoms with E-state index in [1.807, 2.05) is 48.5 Å². The van der Waals surface area contributed by atoms with Crippen LogP contribution in [0, 0.1) is 0 Å². The lowest BCUT2D eigenvalue weighted by Gasteiger charge is -2.30. The standard InChI is InChI=1S/C25H25ClN4O4S/c1-2-34-25(33)29-24(32)30-13-11-17(12-14-30)23-28-21(15-35-23)22(31)27-20-6-4-3-5-19(20)16-7-9-18(26)10-8-16/h3-10,15,17H,2,11-14H2,1H3,(H,27,31)(H,29,32,33). The number of piperidine rings is 1. The summed E-state index contributed by atoms with van der Waals surface area (Å²) in [5.74, 6) is -0.130. The van der Waals surface area contributed by atoms with E-state index in [2.05, 4.69) is 15.6 Å². The van der Waals surface area contributed by atoms with Crippen LogP contribution in [-0.2, 0) is 4.74 Å². The van der Waals surface area contributed by atoms with Gasteiger partial charge in [-0.05, 0) is 43.5 Å². The van der Waals surface area contributed by atoms with Crippen LogP contribution in [0.3, 0.4) is 0 Å². The normalized spacial score (nSPS) is 13.8. The monoisotopic (exact) mass is 512 g/mol. The first-order chi connectivity index (χ1) is 16.9. The molecule has 1 saturated heterocycles. The molecule has 0 unspecified atom stereocenters. The molecule has 1 fully saturated rings. The first-order valence-electron chi connectivity index (χ1n) is 11.3. The number of carbonyl (C=O) groups is 3. The van der Waals surface area contributed by atoms with Gasteiger partial charge in [0.15, 0.2) is 0 Å². The van der Waals surface area contributed by atoms with Gasteiger partial charge in [0.2, 0.25) is 0 Å². The molecular weight excluding hydrogens is 488 g/mol. The summed E-state index contributed by atoms with van der Waals surface area (Å²) in [4.78, 5) is 42.8. The highest BCUT2D eigenvalue weighted by atomic mass is 35.5. The highest BCUT2D eigenvalue weighted by molar-refractivity contribution is 7.10.